The normalized spacial score (nSPS) is 16.3. The molecule has 0 amide bonds. The molecule has 1 fully saturated rings. The van der Waals surface area contributed by atoms with Crippen LogP contribution in [0.2, 0.25) is 0 Å². The molecule has 104 valence electrons. The van der Waals surface area contributed by atoms with Gasteiger partial charge in [-0.3, -0.25) is 5.41 Å². The van der Waals surface area contributed by atoms with E-state index < -0.39 is 0 Å². The van der Waals surface area contributed by atoms with E-state index in [0.717, 1.165) is 49.5 Å². The van der Waals surface area contributed by atoms with Crippen LogP contribution in [0.4, 0.5) is 5.82 Å². The Kier molecular flexibility index (Phi) is 4.37. The quantitative estimate of drug-likeness (QED) is 0.637. The first kappa shape index (κ1) is 13.8. The predicted octanol–water partition coefficient (Wildman–Crippen LogP) is 1.54. The Balaban J connectivity index is 2.16. The third-order valence-corrected chi connectivity index (χ3v) is 3.64. The highest BCUT2D eigenvalue weighted by Gasteiger charge is 2.19. The first-order valence-corrected chi connectivity index (χ1v) is 6.68. The van der Waals surface area contributed by atoms with Gasteiger partial charge in [-0.25, -0.2) is 4.98 Å². The molecular weight excluding hydrogens is 240 g/mol. The molecule has 1 aromatic heterocycles. The van der Waals surface area contributed by atoms with Crippen molar-refractivity contribution < 1.29 is 4.74 Å². The van der Waals surface area contributed by atoms with Crippen molar-refractivity contribution in [1.29, 1.82) is 5.41 Å². The number of nitrogens with two attached hydrogens (primary N) is 1. The Hall–Kier alpha value is -1.62. The van der Waals surface area contributed by atoms with E-state index in [9.17, 15) is 0 Å². The molecule has 5 nitrogen and oxygen atoms in total. The molecule has 1 aliphatic heterocycles. The molecule has 3 N–H and O–H groups in total. The minimum atomic E-state index is 0.0828. The predicted molar refractivity (Wildman–Crippen MR) is 76.8 cm³/mol. The fourth-order valence-electron chi connectivity index (χ4n) is 2.57. The van der Waals surface area contributed by atoms with Gasteiger partial charge in [-0.1, -0.05) is 0 Å². The van der Waals surface area contributed by atoms with Gasteiger partial charge in [-0.15, -0.1) is 0 Å². The van der Waals surface area contributed by atoms with Gasteiger partial charge in [0.05, 0.1) is 5.56 Å². The number of aryl methyl sites for hydroxylation is 1. The Bertz CT molecular complexity index is 455. The van der Waals surface area contributed by atoms with Gasteiger partial charge in [-0.2, -0.15) is 0 Å². The number of hydrogen-bond acceptors (Lipinski definition) is 4. The molecule has 0 aromatic carbocycles. The lowest BCUT2D eigenvalue weighted by molar-refractivity contribution is 0.0685. The van der Waals surface area contributed by atoms with Gasteiger partial charge in [0.1, 0.15) is 11.7 Å². The topological polar surface area (TPSA) is 75.2 Å². The average molecular weight is 262 g/mol. The first-order chi connectivity index (χ1) is 9.09. The van der Waals surface area contributed by atoms with E-state index in [1.807, 2.05) is 20.0 Å². The number of nitrogen functional groups attached to an aromatic ring is 1. The van der Waals surface area contributed by atoms with E-state index in [2.05, 4.69) is 9.88 Å². The molecule has 19 heavy (non-hydrogen) atoms. The highest BCUT2D eigenvalue weighted by Crippen LogP contribution is 2.23. The van der Waals surface area contributed by atoms with Gasteiger partial charge in [0.25, 0.3) is 0 Å². The third kappa shape index (κ3) is 3.23. The number of aromatic nitrogens is 1. The summed E-state index contributed by atoms with van der Waals surface area (Å²) in [6.45, 7) is 4.59. The summed E-state index contributed by atoms with van der Waals surface area (Å²) in [5.41, 5.74) is 7.43. The maximum absolute atomic E-state index is 7.72. The van der Waals surface area contributed by atoms with E-state index >= 15 is 0 Å². The van der Waals surface area contributed by atoms with Crippen molar-refractivity contribution in [3.8, 4) is 0 Å². The molecule has 2 rings (SSSR count). The zero-order valence-electron chi connectivity index (χ0n) is 11.6. The summed E-state index contributed by atoms with van der Waals surface area (Å²) < 4.78 is 5.38. The van der Waals surface area contributed by atoms with Gasteiger partial charge in [0, 0.05) is 33.0 Å². The fourth-order valence-corrected chi connectivity index (χ4v) is 2.57. The highest BCUT2D eigenvalue weighted by atomic mass is 16.5. The standard InChI is InChI=1S/C14H22N4O/c1-10-3-6-17-14(12(10)13(15)16)18(2)9-11-4-7-19-8-5-11/h3,6,11H,4-5,7-9H2,1-2H3,(H3,15,16). The second kappa shape index (κ2) is 6.02. The van der Waals surface area contributed by atoms with Crippen LogP contribution in [0.15, 0.2) is 12.3 Å². The smallest absolute Gasteiger partial charge is 0.139 e. The zero-order chi connectivity index (χ0) is 13.8. The molecule has 0 unspecified atom stereocenters. The van der Waals surface area contributed by atoms with Crippen LogP contribution in [0.1, 0.15) is 24.0 Å². The van der Waals surface area contributed by atoms with E-state index in [0.29, 0.717) is 5.92 Å². The average Bonchev–Trinajstić information content (AvgIpc) is 2.39. The molecule has 2 heterocycles. The van der Waals surface area contributed by atoms with E-state index in [1.165, 1.54) is 0 Å². The summed E-state index contributed by atoms with van der Waals surface area (Å²) in [5, 5.41) is 7.72. The number of hydrogen-bond donors (Lipinski definition) is 2. The van der Waals surface area contributed by atoms with Crippen LogP contribution in [0.25, 0.3) is 0 Å². The second-order valence-corrected chi connectivity index (χ2v) is 5.18. The van der Waals surface area contributed by atoms with E-state index in [-0.39, 0.29) is 5.84 Å². The molecule has 0 radical (unpaired) electrons. The van der Waals surface area contributed by atoms with Crippen LogP contribution >= 0.6 is 0 Å². The van der Waals surface area contributed by atoms with Crippen LogP contribution in [0.5, 0.6) is 0 Å². The molecular formula is C14H22N4O. The minimum absolute atomic E-state index is 0.0828. The molecule has 1 aliphatic rings. The van der Waals surface area contributed by atoms with E-state index in [1.54, 1.807) is 6.20 Å². The number of nitrogens with one attached hydrogen (secondary N) is 1. The molecule has 5 heteroatoms. The van der Waals surface area contributed by atoms with Crippen molar-refractivity contribution in [2.24, 2.45) is 11.7 Å². The molecule has 0 saturated carbocycles. The van der Waals surface area contributed by atoms with Crippen LogP contribution in [0, 0.1) is 18.3 Å². The van der Waals surface area contributed by atoms with Crippen molar-refractivity contribution in [1.82, 2.24) is 4.98 Å². The highest BCUT2D eigenvalue weighted by molar-refractivity contribution is 6.00. The van der Waals surface area contributed by atoms with Crippen LogP contribution < -0.4 is 10.6 Å². The van der Waals surface area contributed by atoms with Crippen LogP contribution in [-0.2, 0) is 4.74 Å². The Morgan fingerprint density at radius 2 is 2.21 bits per heavy atom. The van der Waals surface area contributed by atoms with Crippen molar-refractivity contribution in [3.05, 3.63) is 23.4 Å². The summed E-state index contributed by atoms with van der Waals surface area (Å²) in [7, 11) is 2.02. The van der Waals surface area contributed by atoms with Gasteiger partial charge in [0.2, 0.25) is 0 Å². The molecule has 0 aliphatic carbocycles. The van der Waals surface area contributed by atoms with Gasteiger partial charge in [0.15, 0.2) is 0 Å². The number of ether oxygens (including phenoxy) is 1. The largest absolute Gasteiger partial charge is 0.384 e. The molecule has 1 aromatic rings. The third-order valence-electron chi connectivity index (χ3n) is 3.64. The number of pyridine rings is 1. The zero-order valence-corrected chi connectivity index (χ0v) is 11.6. The lowest BCUT2D eigenvalue weighted by Gasteiger charge is -2.29. The van der Waals surface area contributed by atoms with Crippen molar-refractivity contribution >= 4 is 11.7 Å². The maximum Gasteiger partial charge on any atom is 0.139 e. The van der Waals surface area contributed by atoms with Crippen molar-refractivity contribution in [3.63, 3.8) is 0 Å². The second-order valence-electron chi connectivity index (χ2n) is 5.18. The monoisotopic (exact) mass is 262 g/mol. The summed E-state index contributed by atoms with van der Waals surface area (Å²) in [6.07, 6.45) is 3.95. The van der Waals surface area contributed by atoms with Gasteiger partial charge >= 0.3 is 0 Å². The molecule has 0 atom stereocenters. The summed E-state index contributed by atoms with van der Waals surface area (Å²) in [6, 6.07) is 1.89. The summed E-state index contributed by atoms with van der Waals surface area (Å²) >= 11 is 0. The summed E-state index contributed by atoms with van der Waals surface area (Å²) in [4.78, 5) is 6.51. The van der Waals surface area contributed by atoms with Crippen LogP contribution in [0.3, 0.4) is 0 Å². The Labute approximate surface area is 114 Å². The summed E-state index contributed by atoms with van der Waals surface area (Å²) in [5.74, 6) is 1.51. The molecule has 0 bridgehead atoms. The Morgan fingerprint density at radius 1 is 1.53 bits per heavy atom. The maximum atomic E-state index is 7.72. The van der Waals surface area contributed by atoms with E-state index in [4.69, 9.17) is 15.9 Å². The lowest BCUT2D eigenvalue weighted by atomic mass is 9.99. The number of amidine groups is 1. The fraction of sp³-hybridized carbons (Fsp3) is 0.571. The molecule has 1 saturated heterocycles. The van der Waals surface area contributed by atoms with Gasteiger partial charge in [-0.05, 0) is 37.3 Å². The van der Waals surface area contributed by atoms with Crippen molar-refractivity contribution in [2.75, 3.05) is 31.7 Å². The first-order valence-electron chi connectivity index (χ1n) is 6.68. The van der Waals surface area contributed by atoms with Crippen LogP contribution in [-0.4, -0.2) is 37.6 Å². The number of anilines is 1. The SMILES string of the molecule is Cc1ccnc(N(C)CC2CCOCC2)c1C(=N)N. The number of rotatable bonds is 4. The lowest BCUT2D eigenvalue weighted by Crippen LogP contribution is -2.32. The Morgan fingerprint density at radius 3 is 2.84 bits per heavy atom. The number of nitrogens with zero attached hydrogens (tertiary/aromatic N) is 2. The molecule has 0 spiro atoms. The van der Waals surface area contributed by atoms with Gasteiger partial charge < -0.3 is 15.4 Å². The van der Waals surface area contributed by atoms with Crippen molar-refractivity contribution in [2.45, 2.75) is 19.8 Å². The minimum Gasteiger partial charge on any atom is -0.384 e.